The van der Waals surface area contributed by atoms with Crippen molar-refractivity contribution >= 4 is 11.7 Å². The highest BCUT2D eigenvalue weighted by Crippen LogP contribution is 2.31. The van der Waals surface area contributed by atoms with Gasteiger partial charge in [-0.05, 0) is 18.1 Å². The molecule has 0 aromatic heterocycles. The van der Waals surface area contributed by atoms with Crippen LogP contribution in [0.4, 0.5) is 5.69 Å². The second-order valence-electron chi connectivity index (χ2n) is 3.34. The Morgan fingerprint density at radius 2 is 2.33 bits per heavy atom. The summed E-state index contributed by atoms with van der Waals surface area (Å²) in [5.74, 6) is 0.0651. The number of ether oxygens (including phenoxy) is 1. The van der Waals surface area contributed by atoms with Gasteiger partial charge in [0.05, 0.1) is 11.0 Å². The second-order valence-corrected chi connectivity index (χ2v) is 3.34. The fourth-order valence-corrected chi connectivity index (χ4v) is 1.66. The van der Waals surface area contributed by atoms with Gasteiger partial charge in [0.1, 0.15) is 5.75 Å². The Kier molecular flexibility index (Phi) is 2.37. The fourth-order valence-electron chi connectivity index (χ4n) is 1.66. The predicted octanol–water partition coefficient (Wildman–Crippen LogP) is 1.66. The molecule has 15 heavy (non-hydrogen) atoms. The van der Waals surface area contributed by atoms with E-state index in [1.807, 2.05) is 6.07 Å². The molecule has 78 valence electrons. The number of hydrogen-bond acceptors (Lipinski definition) is 4. The first-order valence-corrected chi connectivity index (χ1v) is 4.63. The largest absolute Gasteiger partial charge is 0.427 e. The summed E-state index contributed by atoms with van der Waals surface area (Å²) in [5, 5.41) is 4.26. The fraction of sp³-hybridized carbons (Fsp3) is 0.300. The minimum Gasteiger partial charge on any atom is -0.427 e. The van der Waals surface area contributed by atoms with Gasteiger partial charge in [-0.25, -0.2) is 5.01 Å². The molecule has 0 saturated heterocycles. The monoisotopic (exact) mass is 206 g/mol. The van der Waals surface area contributed by atoms with E-state index in [4.69, 9.17) is 4.74 Å². The van der Waals surface area contributed by atoms with E-state index < -0.39 is 0 Å². The predicted molar refractivity (Wildman–Crippen MR) is 54.6 cm³/mol. The van der Waals surface area contributed by atoms with Gasteiger partial charge in [0.25, 0.3) is 0 Å². The van der Waals surface area contributed by atoms with Gasteiger partial charge >= 0.3 is 5.97 Å². The number of hydrogen-bond donors (Lipinski definition) is 0. The highest BCUT2D eigenvalue weighted by atomic mass is 16.5. The Hall–Kier alpha value is -1.91. The van der Waals surface area contributed by atoms with Crippen molar-refractivity contribution in [1.29, 1.82) is 0 Å². The van der Waals surface area contributed by atoms with Gasteiger partial charge in [-0.3, -0.25) is 4.79 Å². The van der Waals surface area contributed by atoms with Crippen LogP contribution in [0, 0.1) is 4.91 Å². The Balaban J connectivity index is 2.32. The minimum atomic E-state index is -0.376. The van der Waals surface area contributed by atoms with Gasteiger partial charge in [0.15, 0.2) is 0 Å². The van der Waals surface area contributed by atoms with Crippen molar-refractivity contribution in [1.82, 2.24) is 0 Å². The van der Waals surface area contributed by atoms with E-state index >= 15 is 0 Å². The van der Waals surface area contributed by atoms with Gasteiger partial charge < -0.3 is 4.74 Å². The van der Waals surface area contributed by atoms with Crippen molar-refractivity contribution in [3.63, 3.8) is 0 Å². The lowest BCUT2D eigenvalue weighted by Crippen LogP contribution is -2.10. The average molecular weight is 206 g/mol. The van der Waals surface area contributed by atoms with Crippen LogP contribution in [0.5, 0.6) is 5.75 Å². The van der Waals surface area contributed by atoms with E-state index in [9.17, 15) is 9.70 Å². The molecule has 5 nitrogen and oxygen atoms in total. The number of benzene rings is 1. The molecule has 0 spiro atoms. The Labute approximate surface area is 86.6 Å². The number of esters is 1. The van der Waals surface area contributed by atoms with Crippen LogP contribution in [0.3, 0.4) is 0 Å². The van der Waals surface area contributed by atoms with Crippen LogP contribution in [0.15, 0.2) is 23.5 Å². The normalized spacial score (nSPS) is 13.5. The number of nitroso groups, excluding NO2 is 1. The summed E-state index contributed by atoms with van der Waals surface area (Å²) in [4.78, 5) is 21.2. The molecule has 0 radical (unpaired) electrons. The first-order valence-electron chi connectivity index (χ1n) is 4.63. The van der Waals surface area contributed by atoms with Crippen LogP contribution in [0.1, 0.15) is 12.5 Å². The van der Waals surface area contributed by atoms with E-state index in [0.717, 1.165) is 17.7 Å². The third-order valence-corrected chi connectivity index (χ3v) is 2.29. The molecule has 0 aliphatic carbocycles. The molecule has 5 heteroatoms. The summed E-state index contributed by atoms with van der Waals surface area (Å²) >= 11 is 0. The maximum atomic E-state index is 10.7. The highest BCUT2D eigenvalue weighted by Gasteiger charge is 2.20. The molecule has 1 aromatic rings. The first-order chi connectivity index (χ1) is 7.20. The van der Waals surface area contributed by atoms with Gasteiger partial charge in [-0.1, -0.05) is 6.07 Å². The van der Waals surface area contributed by atoms with Crippen molar-refractivity contribution < 1.29 is 9.53 Å². The number of rotatable bonds is 2. The third-order valence-electron chi connectivity index (χ3n) is 2.29. The van der Waals surface area contributed by atoms with Crippen molar-refractivity contribution in [3.05, 3.63) is 28.7 Å². The lowest BCUT2D eigenvalue weighted by atomic mass is 10.1. The number of carbonyl (C=O) groups excluding carboxylic acids is 1. The molecule has 0 saturated carbocycles. The van der Waals surface area contributed by atoms with Crippen LogP contribution in [-0.2, 0) is 11.2 Å². The maximum absolute atomic E-state index is 10.7. The SMILES string of the molecule is CC(=O)Oc1ccc2c(c1)N(N=O)CC2. The summed E-state index contributed by atoms with van der Waals surface area (Å²) in [6, 6.07) is 5.22. The zero-order valence-electron chi connectivity index (χ0n) is 8.27. The van der Waals surface area contributed by atoms with Gasteiger partial charge in [-0.2, -0.15) is 0 Å². The lowest BCUT2D eigenvalue weighted by molar-refractivity contribution is -0.131. The second kappa shape index (κ2) is 3.68. The zero-order valence-corrected chi connectivity index (χ0v) is 8.27. The molecule has 2 rings (SSSR count). The Morgan fingerprint density at radius 1 is 1.53 bits per heavy atom. The van der Waals surface area contributed by atoms with Crippen molar-refractivity contribution in [3.8, 4) is 5.75 Å². The number of anilines is 1. The third kappa shape index (κ3) is 1.81. The average Bonchev–Trinajstić information content (AvgIpc) is 2.59. The summed E-state index contributed by atoms with van der Waals surface area (Å²) in [6.07, 6.45) is 0.793. The molecule has 0 bridgehead atoms. The summed E-state index contributed by atoms with van der Waals surface area (Å²) in [5.41, 5.74) is 1.77. The van der Waals surface area contributed by atoms with E-state index in [2.05, 4.69) is 5.29 Å². The topological polar surface area (TPSA) is 59.0 Å². The first kappa shape index (κ1) is 9.64. The van der Waals surface area contributed by atoms with Crippen LogP contribution < -0.4 is 9.75 Å². The van der Waals surface area contributed by atoms with Gasteiger partial charge in [0, 0.05) is 19.5 Å². The molecule has 1 aliphatic heterocycles. The Morgan fingerprint density at radius 3 is 3.00 bits per heavy atom. The van der Waals surface area contributed by atoms with Crippen molar-refractivity contribution in [2.45, 2.75) is 13.3 Å². The van der Waals surface area contributed by atoms with Crippen molar-refractivity contribution in [2.24, 2.45) is 5.29 Å². The zero-order chi connectivity index (χ0) is 10.8. The van der Waals surface area contributed by atoms with E-state index in [0.29, 0.717) is 12.3 Å². The quantitative estimate of drug-likeness (QED) is 0.419. The van der Waals surface area contributed by atoms with Crippen LogP contribution in [0.25, 0.3) is 0 Å². The van der Waals surface area contributed by atoms with Crippen LogP contribution >= 0.6 is 0 Å². The van der Waals surface area contributed by atoms with E-state index in [1.54, 1.807) is 12.1 Å². The summed E-state index contributed by atoms with van der Waals surface area (Å²) in [7, 11) is 0. The smallest absolute Gasteiger partial charge is 0.308 e. The molecule has 0 N–H and O–H groups in total. The maximum Gasteiger partial charge on any atom is 0.308 e. The summed E-state index contributed by atoms with van der Waals surface area (Å²) in [6.45, 7) is 1.92. The number of fused-ring (bicyclic) bond motifs is 1. The van der Waals surface area contributed by atoms with E-state index in [-0.39, 0.29) is 5.97 Å². The molecule has 1 heterocycles. The molecule has 1 aliphatic rings. The highest BCUT2D eigenvalue weighted by molar-refractivity contribution is 5.70. The van der Waals surface area contributed by atoms with Crippen LogP contribution in [-0.4, -0.2) is 12.5 Å². The molecular formula is C10H10N2O3. The van der Waals surface area contributed by atoms with Gasteiger partial charge in [-0.15, -0.1) is 4.91 Å². The standard InChI is InChI=1S/C10H10N2O3/c1-7(13)15-9-3-2-8-4-5-12(11-14)10(8)6-9/h2-3,6H,4-5H2,1H3. The van der Waals surface area contributed by atoms with Gasteiger partial charge in [0.2, 0.25) is 0 Å². The van der Waals surface area contributed by atoms with E-state index in [1.165, 1.54) is 11.9 Å². The molecular weight excluding hydrogens is 196 g/mol. The van der Waals surface area contributed by atoms with Crippen LogP contribution in [0.2, 0.25) is 0 Å². The molecule has 0 fully saturated rings. The molecule has 0 amide bonds. The minimum absolute atomic E-state index is 0.376. The number of carbonyl (C=O) groups is 1. The lowest BCUT2D eigenvalue weighted by Gasteiger charge is -2.09. The molecule has 0 unspecified atom stereocenters. The van der Waals surface area contributed by atoms with Crippen molar-refractivity contribution in [2.75, 3.05) is 11.6 Å². The number of nitrogens with zero attached hydrogens (tertiary/aromatic N) is 2. The molecule has 0 atom stereocenters. The Bertz CT molecular complexity index is 417. The summed E-state index contributed by atoms with van der Waals surface area (Å²) < 4.78 is 4.92. The molecule has 1 aromatic carbocycles.